The van der Waals surface area contributed by atoms with Gasteiger partial charge in [-0.25, -0.2) is 8.42 Å². The van der Waals surface area contributed by atoms with Crippen LogP contribution >= 0.6 is 0 Å². The van der Waals surface area contributed by atoms with E-state index in [0.717, 1.165) is 5.56 Å². The topological polar surface area (TPSA) is 93.0 Å². The van der Waals surface area contributed by atoms with Gasteiger partial charge in [0.1, 0.15) is 22.9 Å². The fraction of sp³-hybridized carbons (Fsp3) is 0.304. The highest BCUT2D eigenvalue weighted by Gasteiger charge is 2.34. The first-order valence-corrected chi connectivity index (χ1v) is 11.8. The Hall–Kier alpha value is -3.17. The molecule has 0 unspecified atom stereocenters. The van der Waals surface area contributed by atoms with Gasteiger partial charge in [-0.3, -0.25) is 4.79 Å². The average Bonchev–Trinajstić information content (AvgIpc) is 3.16. The Morgan fingerprint density at radius 1 is 1.00 bits per heavy atom. The molecule has 1 amide bonds. The minimum absolute atomic E-state index is 0.108. The van der Waals surface area contributed by atoms with Crippen LogP contribution in [-0.4, -0.2) is 54.9 Å². The molecule has 0 radical (unpaired) electrons. The van der Waals surface area contributed by atoms with Crippen LogP contribution < -0.4 is 4.74 Å². The lowest BCUT2D eigenvalue weighted by molar-refractivity contribution is 0.0693. The lowest BCUT2D eigenvalue weighted by atomic mass is 10.1. The highest BCUT2D eigenvalue weighted by atomic mass is 32.2. The first-order valence-electron chi connectivity index (χ1n) is 10.4. The second-order valence-electron chi connectivity index (χ2n) is 7.62. The Bertz CT molecular complexity index is 1180. The van der Waals surface area contributed by atoms with Gasteiger partial charge in [-0.15, -0.1) is 0 Å². The zero-order valence-corrected chi connectivity index (χ0v) is 18.8. The Morgan fingerprint density at radius 2 is 1.66 bits per heavy atom. The molecule has 0 N–H and O–H groups in total. The van der Waals surface area contributed by atoms with Crippen molar-refractivity contribution in [3.8, 4) is 5.75 Å². The van der Waals surface area contributed by atoms with Crippen molar-refractivity contribution < 1.29 is 22.5 Å². The molecule has 3 aromatic rings. The summed E-state index contributed by atoms with van der Waals surface area (Å²) in [6, 6.07) is 16.9. The molecule has 32 heavy (non-hydrogen) atoms. The molecule has 1 aromatic heterocycles. The molecule has 1 saturated heterocycles. The van der Waals surface area contributed by atoms with E-state index in [4.69, 9.17) is 9.26 Å². The third kappa shape index (κ3) is 4.39. The van der Waals surface area contributed by atoms with Crippen LogP contribution in [0.3, 0.4) is 0 Å². The molecule has 0 bridgehead atoms. The summed E-state index contributed by atoms with van der Waals surface area (Å²) in [5.41, 5.74) is 1.81. The molecular formula is C23H25N3O5S. The van der Waals surface area contributed by atoms with Gasteiger partial charge in [-0.05, 0) is 31.5 Å². The standard InChI is InChI=1S/C23H25N3O5S/c1-17-22(18(2)31-24-17)32(28,29)26-14-12-25(13-15-26)23(27)20-10-6-7-11-21(20)30-16-19-8-4-3-5-9-19/h3-11H,12-16H2,1-2H3. The second-order valence-corrected chi connectivity index (χ2v) is 9.49. The third-order valence-electron chi connectivity index (χ3n) is 5.45. The molecule has 168 valence electrons. The highest BCUT2D eigenvalue weighted by Crippen LogP contribution is 2.26. The Kier molecular flexibility index (Phi) is 6.29. The first kappa shape index (κ1) is 22.0. The second kappa shape index (κ2) is 9.13. The van der Waals surface area contributed by atoms with Crippen LogP contribution in [0.15, 0.2) is 64.0 Å². The highest BCUT2D eigenvalue weighted by molar-refractivity contribution is 7.89. The number of carbonyl (C=O) groups is 1. The predicted octanol–water partition coefficient (Wildman–Crippen LogP) is 3.02. The van der Waals surface area contributed by atoms with Crippen molar-refractivity contribution in [2.75, 3.05) is 26.2 Å². The number of amides is 1. The smallest absolute Gasteiger partial charge is 0.257 e. The van der Waals surface area contributed by atoms with Gasteiger partial charge in [0, 0.05) is 26.2 Å². The summed E-state index contributed by atoms with van der Waals surface area (Å²) in [6.45, 7) is 4.52. The van der Waals surface area contributed by atoms with E-state index in [9.17, 15) is 13.2 Å². The number of hydrogen-bond donors (Lipinski definition) is 0. The molecule has 2 heterocycles. The van der Waals surface area contributed by atoms with Crippen molar-refractivity contribution in [3.63, 3.8) is 0 Å². The fourth-order valence-electron chi connectivity index (χ4n) is 3.78. The van der Waals surface area contributed by atoms with Gasteiger partial charge < -0.3 is 14.2 Å². The summed E-state index contributed by atoms with van der Waals surface area (Å²) < 4.78 is 38.3. The van der Waals surface area contributed by atoms with Crippen LogP contribution in [0.5, 0.6) is 5.75 Å². The van der Waals surface area contributed by atoms with Gasteiger partial charge >= 0.3 is 0 Å². The monoisotopic (exact) mass is 455 g/mol. The molecule has 0 atom stereocenters. The summed E-state index contributed by atoms with van der Waals surface area (Å²) in [5.74, 6) is 0.598. The Labute approximate surface area is 187 Å². The number of para-hydroxylation sites is 1. The van der Waals surface area contributed by atoms with Crippen molar-refractivity contribution in [1.82, 2.24) is 14.4 Å². The molecule has 8 nitrogen and oxygen atoms in total. The van der Waals surface area contributed by atoms with E-state index >= 15 is 0 Å². The summed E-state index contributed by atoms with van der Waals surface area (Å²) in [6.07, 6.45) is 0. The van der Waals surface area contributed by atoms with Crippen molar-refractivity contribution in [2.24, 2.45) is 0 Å². The van der Waals surface area contributed by atoms with Crippen molar-refractivity contribution in [3.05, 3.63) is 77.2 Å². The van der Waals surface area contributed by atoms with E-state index in [1.165, 1.54) is 4.31 Å². The van der Waals surface area contributed by atoms with E-state index in [-0.39, 0.29) is 42.7 Å². The molecule has 0 aliphatic carbocycles. The number of hydrogen-bond acceptors (Lipinski definition) is 6. The maximum absolute atomic E-state index is 13.2. The minimum atomic E-state index is -3.73. The molecule has 0 saturated carbocycles. The van der Waals surface area contributed by atoms with E-state index in [2.05, 4.69) is 5.16 Å². The summed E-state index contributed by atoms with van der Waals surface area (Å²) in [7, 11) is -3.73. The molecule has 4 rings (SSSR count). The van der Waals surface area contributed by atoms with E-state index in [1.54, 1.807) is 36.9 Å². The Morgan fingerprint density at radius 3 is 2.31 bits per heavy atom. The fourth-order valence-corrected chi connectivity index (χ4v) is 5.49. The lowest BCUT2D eigenvalue weighted by Gasteiger charge is -2.34. The number of nitrogens with zero attached hydrogens (tertiary/aromatic N) is 3. The number of sulfonamides is 1. The van der Waals surface area contributed by atoms with Crippen molar-refractivity contribution in [1.29, 1.82) is 0 Å². The quantitative estimate of drug-likeness (QED) is 0.567. The van der Waals surface area contributed by atoms with Gasteiger partial charge in [0.05, 0.1) is 5.56 Å². The number of aryl methyl sites for hydroxylation is 2. The maximum atomic E-state index is 13.2. The zero-order valence-electron chi connectivity index (χ0n) is 18.0. The van der Waals surface area contributed by atoms with Gasteiger partial charge in [-0.2, -0.15) is 4.31 Å². The molecule has 1 aliphatic heterocycles. The van der Waals surface area contributed by atoms with Crippen LogP contribution in [0.1, 0.15) is 27.4 Å². The molecule has 2 aromatic carbocycles. The molecule has 9 heteroatoms. The normalized spacial score (nSPS) is 15.0. The summed E-state index contributed by atoms with van der Waals surface area (Å²) in [4.78, 5) is 14.9. The van der Waals surface area contributed by atoms with E-state index in [0.29, 0.717) is 23.6 Å². The predicted molar refractivity (Wildman–Crippen MR) is 118 cm³/mol. The molecule has 1 fully saturated rings. The largest absolute Gasteiger partial charge is 0.488 e. The zero-order chi connectivity index (χ0) is 22.7. The number of benzene rings is 2. The molecule has 0 spiro atoms. The summed E-state index contributed by atoms with van der Waals surface area (Å²) in [5, 5.41) is 3.75. The molecular weight excluding hydrogens is 430 g/mol. The van der Waals surface area contributed by atoms with Crippen LogP contribution in [0.25, 0.3) is 0 Å². The number of piperazine rings is 1. The van der Waals surface area contributed by atoms with E-state index in [1.807, 2.05) is 36.4 Å². The number of rotatable bonds is 6. The first-order chi connectivity index (χ1) is 15.4. The maximum Gasteiger partial charge on any atom is 0.257 e. The Balaban J connectivity index is 1.44. The number of aromatic nitrogens is 1. The number of carbonyl (C=O) groups excluding carboxylic acids is 1. The minimum Gasteiger partial charge on any atom is -0.488 e. The third-order valence-corrected chi connectivity index (χ3v) is 7.59. The van der Waals surface area contributed by atoms with E-state index < -0.39 is 10.0 Å². The van der Waals surface area contributed by atoms with Crippen LogP contribution in [-0.2, 0) is 16.6 Å². The molecule has 1 aliphatic rings. The van der Waals surface area contributed by atoms with Gasteiger partial charge in [-0.1, -0.05) is 47.6 Å². The van der Waals surface area contributed by atoms with Crippen molar-refractivity contribution in [2.45, 2.75) is 25.3 Å². The van der Waals surface area contributed by atoms with Gasteiger partial charge in [0.15, 0.2) is 5.76 Å². The van der Waals surface area contributed by atoms with Gasteiger partial charge in [0.25, 0.3) is 5.91 Å². The van der Waals surface area contributed by atoms with Gasteiger partial charge in [0.2, 0.25) is 10.0 Å². The number of ether oxygens (including phenoxy) is 1. The lowest BCUT2D eigenvalue weighted by Crippen LogP contribution is -2.50. The van der Waals surface area contributed by atoms with Crippen LogP contribution in [0.4, 0.5) is 0 Å². The van der Waals surface area contributed by atoms with Crippen molar-refractivity contribution >= 4 is 15.9 Å². The average molecular weight is 456 g/mol. The SMILES string of the molecule is Cc1noc(C)c1S(=O)(=O)N1CCN(C(=O)c2ccccc2OCc2ccccc2)CC1. The van der Waals surface area contributed by atoms with Crippen LogP contribution in [0, 0.1) is 13.8 Å². The summed E-state index contributed by atoms with van der Waals surface area (Å²) >= 11 is 0. The van der Waals surface area contributed by atoms with Crippen LogP contribution in [0.2, 0.25) is 0 Å².